The molecule has 2 N–H and O–H groups in total. The summed E-state index contributed by atoms with van der Waals surface area (Å²) < 4.78 is 1.76. The lowest BCUT2D eigenvalue weighted by Crippen LogP contribution is -2.33. The molecule has 5 heterocycles. The Kier molecular flexibility index (Phi) is 4.18. The maximum atomic E-state index is 12.8. The second-order valence-electron chi connectivity index (χ2n) is 6.88. The van der Waals surface area contributed by atoms with Gasteiger partial charge in [0.2, 0.25) is 0 Å². The molecule has 142 valence electrons. The van der Waals surface area contributed by atoms with Gasteiger partial charge in [-0.3, -0.25) is 9.89 Å². The topological polar surface area (TPSA) is 91.2 Å². The van der Waals surface area contributed by atoms with Gasteiger partial charge in [0.25, 0.3) is 5.91 Å². The van der Waals surface area contributed by atoms with Gasteiger partial charge in [-0.2, -0.15) is 10.2 Å². The van der Waals surface area contributed by atoms with Crippen LogP contribution in [0.25, 0.3) is 27.9 Å². The van der Waals surface area contributed by atoms with Crippen LogP contribution in [0.15, 0.2) is 42.4 Å². The van der Waals surface area contributed by atoms with Gasteiger partial charge in [-0.25, -0.2) is 9.50 Å². The van der Waals surface area contributed by atoms with Crippen LogP contribution in [0.1, 0.15) is 16.1 Å². The number of hydrogen-bond acceptors (Lipinski definition) is 6. The first kappa shape index (κ1) is 17.1. The summed E-state index contributed by atoms with van der Waals surface area (Å²) in [4.78, 5) is 20.1. The number of nitrogens with one attached hydrogen (secondary N) is 2. The van der Waals surface area contributed by atoms with Gasteiger partial charge in [0.1, 0.15) is 0 Å². The molecule has 0 saturated carbocycles. The highest BCUT2D eigenvalue weighted by atomic mass is 32.1. The predicted molar refractivity (Wildman–Crippen MR) is 107 cm³/mol. The zero-order chi connectivity index (χ0) is 19.1. The van der Waals surface area contributed by atoms with Crippen LogP contribution in [0.3, 0.4) is 0 Å². The van der Waals surface area contributed by atoms with Crippen LogP contribution in [0.5, 0.6) is 0 Å². The third-order valence-corrected chi connectivity index (χ3v) is 6.11. The van der Waals surface area contributed by atoms with Crippen molar-refractivity contribution in [3.05, 3.63) is 47.3 Å². The second-order valence-corrected chi connectivity index (χ2v) is 7.79. The van der Waals surface area contributed by atoms with Gasteiger partial charge in [0, 0.05) is 54.4 Å². The fourth-order valence-electron chi connectivity index (χ4n) is 3.56. The molecule has 1 saturated heterocycles. The third-order valence-electron chi connectivity index (χ3n) is 5.19. The van der Waals surface area contributed by atoms with Crippen molar-refractivity contribution < 1.29 is 4.79 Å². The molecule has 1 aliphatic rings. The number of carbonyl (C=O) groups is 1. The Morgan fingerprint density at radius 3 is 3.00 bits per heavy atom. The standard InChI is InChI=1S/C19H19N7OS/c1-20-15-2-3-25(10-15)19(27)17-4-12(11-28-17)16-8-24-26-9-14(5-21-18(16)26)13-6-22-23-7-13/h4-9,11,15,20H,2-3,10H2,1H3,(H,22,23). The van der Waals surface area contributed by atoms with E-state index in [1.807, 2.05) is 42.0 Å². The molecular formula is C19H19N7OS. The van der Waals surface area contributed by atoms with E-state index < -0.39 is 0 Å². The van der Waals surface area contributed by atoms with Crippen molar-refractivity contribution in [3.8, 4) is 22.3 Å². The van der Waals surface area contributed by atoms with Crippen molar-refractivity contribution in [1.29, 1.82) is 0 Å². The monoisotopic (exact) mass is 393 g/mol. The molecule has 8 nitrogen and oxygen atoms in total. The molecule has 1 amide bonds. The van der Waals surface area contributed by atoms with E-state index in [1.54, 1.807) is 16.9 Å². The zero-order valence-corrected chi connectivity index (χ0v) is 16.1. The fourth-order valence-corrected chi connectivity index (χ4v) is 4.44. The van der Waals surface area contributed by atoms with E-state index in [0.29, 0.717) is 6.04 Å². The van der Waals surface area contributed by atoms with Crippen LogP contribution in [0.2, 0.25) is 0 Å². The number of likely N-dealkylation sites (tertiary alicyclic amines) is 1. The van der Waals surface area contributed by atoms with Crippen molar-refractivity contribution in [1.82, 2.24) is 35.0 Å². The molecule has 0 bridgehead atoms. The molecule has 0 radical (unpaired) electrons. The number of aromatic amines is 1. The highest BCUT2D eigenvalue weighted by molar-refractivity contribution is 7.12. The van der Waals surface area contributed by atoms with Gasteiger partial charge >= 0.3 is 0 Å². The summed E-state index contributed by atoms with van der Waals surface area (Å²) in [7, 11) is 1.94. The van der Waals surface area contributed by atoms with E-state index in [4.69, 9.17) is 0 Å². The number of H-pyrrole nitrogens is 1. The van der Waals surface area contributed by atoms with Crippen LogP contribution in [-0.2, 0) is 0 Å². The number of rotatable bonds is 4. The summed E-state index contributed by atoms with van der Waals surface area (Å²) in [5.74, 6) is 0.0978. The van der Waals surface area contributed by atoms with Crippen LogP contribution < -0.4 is 5.32 Å². The molecular weight excluding hydrogens is 374 g/mol. The van der Waals surface area contributed by atoms with Crippen LogP contribution in [-0.4, -0.2) is 61.8 Å². The molecule has 0 spiro atoms. The Morgan fingerprint density at radius 2 is 2.21 bits per heavy atom. The number of thiophene rings is 1. The van der Waals surface area contributed by atoms with Crippen molar-refractivity contribution in [2.24, 2.45) is 0 Å². The Bertz CT molecular complexity index is 1130. The minimum absolute atomic E-state index is 0.0978. The number of fused-ring (bicyclic) bond motifs is 1. The summed E-state index contributed by atoms with van der Waals surface area (Å²) in [6.07, 6.45) is 10.1. The minimum atomic E-state index is 0.0978. The SMILES string of the molecule is CNC1CCN(C(=O)c2cc(-c3cnn4cc(-c5cn[nH]c5)cnc34)cs2)C1. The number of aromatic nitrogens is 5. The van der Waals surface area contributed by atoms with Gasteiger partial charge in [-0.05, 0) is 30.5 Å². The first-order valence-corrected chi connectivity index (χ1v) is 9.99. The van der Waals surface area contributed by atoms with Crippen LogP contribution in [0, 0.1) is 0 Å². The Labute approximate surface area is 165 Å². The van der Waals surface area contributed by atoms with Crippen molar-refractivity contribution in [2.75, 3.05) is 20.1 Å². The number of amides is 1. The number of likely N-dealkylation sites (N-methyl/N-ethyl adjacent to an activating group) is 1. The van der Waals surface area contributed by atoms with E-state index in [1.165, 1.54) is 11.3 Å². The quantitative estimate of drug-likeness (QED) is 0.555. The van der Waals surface area contributed by atoms with Gasteiger partial charge in [-0.15, -0.1) is 11.3 Å². The number of carbonyl (C=O) groups excluding carboxylic acids is 1. The van der Waals surface area contributed by atoms with E-state index in [0.717, 1.165) is 52.3 Å². The summed E-state index contributed by atoms with van der Waals surface area (Å²) in [6, 6.07) is 2.33. The Balaban J connectivity index is 1.42. The molecule has 1 aliphatic heterocycles. The Hall–Kier alpha value is -3.04. The van der Waals surface area contributed by atoms with Crippen molar-refractivity contribution in [2.45, 2.75) is 12.5 Å². The Morgan fingerprint density at radius 1 is 1.29 bits per heavy atom. The maximum Gasteiger partial charge on any atom is 0.263 e. The van der Waals surface area contributed by atoms with Gasteiger partial charge in [0.15, 0.2) is 5.65 Å². The highest BCUT2D eigenvalue weighted by Gasteiger charge is 2.27. The largest absolute Gasteiger partial charge is 0.336 e. The molecule has 1 unspecified atom stereocenters. The lowest BCUT2D eigenvalue weighted by atomic mass is 10.1. The van der Waals surface area contributed by atoms with Crippen LogP contribution >= 0.6 is 11.3 Å². The maximum absolute atomic E-state index is 12.8. The van der Waals surface area contributed by atoms with Gasteiger partial charge in [0.05, 0.1) is 17.3 Å². The summed E-state index contributed by atoms with van der Waals surface area (Å²) in [6.45, 7) is 1.56. The molecule has 5 rings (SSSR count). The van der Waals surface area contributed by atoms with Crippen LogP contribution in [0.4, 0.5) is 0 Å². The lowest BCUT2D eigenvalue weighted by Gasteiger charge is -2.15. The summed E-state index contributed by atoms with van der Waals surface area (Å²) >= 11 is 1.47. The molecule has 4 aromatic heterocycles. The average Bonchev–Trinajstić information content (AvgIpc) is 3.52. The molecule has 9 heteroatoms. The van der Waals surface area contributed by atoms with Gasteiger partial charge in [-0.1, -0.05) is 0 Å². The minimum Gasteiger partial charge on any atom is -0.336 e. The molecule has 28 heavy (non-hydrogen) atoms. The van der Waals surface area contributed by atoms with Gasteiger partial charge < -0.3 is 10.2 Å². The van der Waals surface area contributed by atoms with E-state index in [9.17, 15) is 4.79 Å². The number of hydrogen-bond donors (Lipinski definition) is 2. The zero-order valence-electron chi connectivity index (χ0n) is 15.3. The fraction of sp³-hybridized carbons (Fsp3) is 0.263. The second kappa shape index (κ2) is 6.84. The molecule has 0 aromatic carbocycles. The van der Waals surface area contributed by atoms with E-state index in [2.05, 4.69) is 25.6 Å². The molecule has 1 fully saturated rings. The summed E-state index contributed by atoms with van der Waals surface area (Å²) in [5, 5.41) is 16.5. The summed E-state index contributed by atoms with van der Waals surface area (Å²) in [5.41, 5.74) is 4.55. The van der Waals surface area contributed by atoms with E-state index >= 15 is 0 Å². The first-order valence-electron chi connectivity index (χ1n) is 9.11. The van der Waals surface area contributed by atoms with Crippen molar-refractivity contribution in [3.63, 3.8) is 0 Å². The lowest BCUT2D eigenvalue weighted by molar-refractivity contribution is 0.0794. The average molecular weight is 393 g/mol. The highest BCUT2D eigenvalue weighted by Crippen LogP contribution is 2.30. The van der Waals surface area contributed by atoms with E-state index in [-0.39, 0.29) is 5.91 Å². The predicted octanol–water partition coefficient (Wildman–Crippen LogP) is 2.28. The molecule has 0 aliphatic carbocycles. The third kappa shape index (κ3) is 2.88. The normalized spacial score (nSPS) is 16.9. The number of nitrogens with zero attached hydrogens (tertiary/aromatic N) is 5. The first-order chi connectivity index (χ1) is 13.7. The van der Waals surface area contributed by atoms with Crippen molar-refractivity contribution >= 4 is 22.9 Å². The smallest absolute Gasteiger partial charge is 0.263 e. The molecule has 4 aromatic rings. The molecule has 1 atom stereocenters.